The van der Waals surface area contributed by atoms with Gasteiger partial charge in [0.2, 0.25) is 0 Å². The molecule has 1 N–H and O–H groups in total. The number of aryl methyl sites for hydroxylation is 1. The van der Waals surface area contributed by atoms with Crippen LogP contribution in [0.25, 0.3) is 0 Å². The average molecular weight is 327 g/mol. The molecule has 0 fully saturated rings. The van der Waals surface area contributed by atoms with Crippen LogP contribution in [-0.4, -0.2) is 22.6 Å². The second-order valence-electron chi connectivity index (χ2n) is 5.09. The van der Waals surface area contributed by atoms with E-state index in [-0.39, 0.29) is 11.9 Å². The molecule has 1 amide bonds. The quantitative estimate of drug-likeness (QED) is 0.784. The Morgan fingerprint density at radius 3 is 2.91 bits per heavy atom. The predicted octanol–water partition coefficient (Wildman–Crippen LogP) is 3.01. The van der Waals surface area contributed by atoms with Crippen molar-refractivity contribution in [2.45, 2.75) is 6.04 Å². The number of rotatable bonds is 5. The summed E-state index contributed by atoms with van der Waals surface area (Å²) in [5.41, 5.74) is 1.57. The molecule has 0 aliphatic rings. The number of hydrogen-bond acceptors (Lipinski definition) is 4. The van der Waals surface area contributed by atoms with E-state index < -0.39 is 0 Å². The lowest BCUT2D eigenvalue weighted by molar-refractivity contribution is 0.0941. The third-order valence-electron chi connectivity index (χ3n) is 3.60. The molecule has 0 unspecified atom stereocenters. The first-order valence-electron chi connectivity index (χ1n) is 7.13. The third kappa shape index (κ3) is 3.27. The van der Waals surface area contributed by atoms with Gasteiger partial charge in [0, 0.05) is 24.8 Å². The van der Waals surface area contributed by atoms with Gasteiger partial charge in [-0.05, 0) is 29.1 Å². The molecule has 3 rings (SSSR count). The van der Waals surface area contributed by atoms with Gasteiger partial charge in [0.15, 0.2) is 0 Å². The van der Waals surface area contributed by atoms with Crippen molar-refractivity contribution in [1.29, 1.82) is 0 Å². The Kier molecular flexibility index (Phi) is 4.43. The van der Waals surface area contributed by atoms with Crippen molar-refractivity contribution in [3.8, 4) is 5.75 Å². The largest absolute Gasteiger partial charge is 0.497 e. The molecule has 0 aliphatic heterocycles. The lowest BCUT2D eigenvalue weighted by Crippen LogP contribution is -2.30. The number of methoxy groups -OCH3 is 1. The molecular weight excluding hydrogens is 310 g/mol. The zero-order valence-electron chi connectivity index (χ0n) is 12.9. The minimum absolute atomic E-state index is 0.123. The number of hydrogen-bond donors (Lipinski definition) is 1. The van der Waals surface area contributed by atoms with Crippen LogP contribution in [-0.2, 0) is 7.05 Å². The first-order chi connectivity index (χ1) is 11.2. The van der Waals surface area contributed by atoms with Gasteiger partial charge in [-0.25, -0.2) is 4.98 Å². The molecule has 3 aromatic rings. The third-order valence-corrected chi connectivity index (χ3v) is 4.29. The Bertz CT molecular complexity index is 796. The topological polar surface area (TPSA) is 56.1 Å². The van der Waals surface area contributed by atoms with Crippen LogP contribution in [0.15, 0.2) is 53.5 Å². The lowest BCUT2D eigenvalue weighted by atomic mass is 10.1. The van der Waals surface area contributed by atoms with Gasteiger partial charge < -0.3 is 14.6 Å². The van der Waals surface area contributed by atoms with E-state index in [1.54, 1.807) is 19.4 Å². The summed E-state index contributed by atoms with van der Waals surface area (Å²) in [5, 5.41) is 6.77. The Labute approximate surface area is 138 Å². The minimum atomic E-state index is -0.350. The molecule has 1 aromatic carbocycles. The van der Waals surface area contributed by atoms with Crippen molar-refractivity contribution < 1.29 is 9.53 Å². The lowest BCUT2D eigenvalue weighted by Gasteiger charge is -2.19. The van der Waals surface area contributed by atoms with E-state index >= 15 is 0 Å². The van der Waals surface area contributed by atoms with Crippen LogP contribution in [0.1, 0.15) is 27.8 Å². The summed E-state index contributed by atoms with van der Waals surface area (Å²) in [5.74, 6) is 1.38. The number of carbonyl (C=O) groups excluding carboxylic acids is 1. The van der Waals surface area contributed by atoms with Crippen molar-refractivity contribution >= 4 is 17.2 Å². The summed E-state index contributed by atoms with van der Waals surface area (Å²) >= 11 is 1.50. The molecule has 118 valence electrons. The molecule has 5 nitrogen and oxygen atoms in total. The van der Waals surface area contributed by atoms with E-state index in [0.717, 1.165) is 17.1 Å². The maximum Gasteiger partial charge on any atom is 0.252 e. The van der Waals surface area contributed by atoms with Crippen LogP contribution in [0.4, 0.5) is 0 Å². The Hall–Kier alpha value is -2.60. The monoisotopic (exact) mass is 327 g/mol. The van der Waals surface area contributed by atoms with Crippen LogP contribution in [0.2, 0.25) is 0 Å². The maximum atomic E-state index is 12.5. The van der Waals surface area contributed by atoms with E-state index in [9.17, 15) is 4.79 Å². The fourth-order valence-electron chi connectivity index (χ4n) is 2.38. The molecule has 2 heterocycles. The molecule has 0 aliphatic carbocycles. The van der Waals surface area contributed by atoms with E-state index in [1.165, 1.54) is 11.3 Å². The minimum Gasteiger partial charge on any atom is -0.497 e. The number of aromatic nitrogens is 2. The number of thiophene rings is 1. The van der Waals surface area contributed by atoms with E-state index in [1.807, 2.05) is 52.8 Å². The molecular formula is C17H17N3O2S. The fraction of sp³-hybridized carbons (Fsp3) is 0.176. The molecule has 1 atom stereocenters. The maximum absolute atomic E-state index is 12.5. The van der Waals surface area contributed by atoms with Crippen LogP contribution in [0.3, 0.4) is 0 Å². The van der Waals surface area contributed by atoms with Gasteiger partial charge in [0.25, 0.3) is 5.91 Å². The summed E-state index contributed by atoms with van der Waals surface area (Å²) in [6.45, 7) is 0. The van der Waals surface area contributed by atoms with Crippen molar-refractivity contribution in [3.63, 3.8) is 0 Å². The van der Waals surface area contributed by atoms with Crippen LogP contribution >= 0.6 is 11.3 Å². The smallest absolute Gasteiger partial charge is 0.252 e. The number of carbonyl (C=O) groups is 1. The van der Waals surface area contributed by atoms with E-state index in [0.29, 0.717) is 5.56 Å². The zero-order chi connectivity index (χ0) is 16.2. The van der Waals surface area contributed by atoms with Crippen molar-refractivity contribution in [1.82, 2.24) is 14.9 Å². The summed E-state index contributed by atoms with van der Waals surface area (Å²) in [6.07, 6.45) is 3.58. The second kappa shape index (κ2) is 6.66. The van der Waals surface area contributed by atoms with Crippen LogP contribution in [0.5, 0.6) is 5.75 Å². The molecule has 0 bridgehead atoms. The highest BCUT2D eigenvalue weighted by Crippen LogP contribution is 2.24. The number of benzene rings is 1. The SMILES string of the molecule is COc1cccc([C@@H](NC(=O)c2ccsc2)c2nccn2C)c1. The van der Waals surface area contributed by atoms with Crippen LogP contribution in [0, 0.1) is 0 Å². The van der Waals surface area contributed by atoms with Crippen molar-refractivity contribution in [2.75, 3.05) is 7.11 Å². The van der Waals surface area contributed by atoms with Gasteiger partial charge in [-0.1, -0.05) is 12.1 Å². The van der Waals surface area contributed by atoms with Gasteiger partial charge in [0.05, 0.1) is 12.7 Å². The Morgan fingerprint density at radius 2 is 2.26 bits per heavy atom. The second-order valence-corrected chi connectivity index (χ2v) is 5.87. The summed E-state index contributed by atoms with van der Waals surface area (Å²) in [7, 11) is 3.53. The molecule has 6 heteroatoms. The number of nitrogens with zero attached hydrogens (tertiary/aromatic N) is 2. The van der Waals surface area contributed by atoms with Crippen LogP contribution < -0.4 is 10.1 Å². The number of amides is 1. The molecule has 0 saturated carbocycles. The summed E-state index contributed by atoms with van der Waals surface area (Å²) in [4.78, 5) is 16.9. The van der Waals surface area contributed by atoms with Gasteiger partial charge >= 0.3 is 0 Å². The highest BCUT2D eigenvalue weighted by molar-refractivity contribution is 7.08. The fourth-order valence-corrected chi connectivity index (χ4v) is 3.02. The van der Waals surface area contributed by atoms with Gasteiger partial charge in [-0.15, -0.1) is 0 Å². The zero-order valence-corrected chi connectivity index (χ0v) is 13.7. The molecule has 0 saturated heterocycles. The normalized spacial score (nSPS) is 11.9. The molecule has 23 heavy (non-hydrogen) atoms. The van der Waals surface area contributed by atoms with E-state index in [4.69, 9.17) is 4.74 Å². The summed E-state index contributed by atoms with van der Waals surface area (Å²) < 4.78 is 7.19. The van der Waals surface area contributed by atoms with Crippen molar-refractivity contribution in [3.05, 3.63) is 70.4 Å². The summed E-state index contributed by atoms with van der Waals surface area (Å²) in [6, 6.07) is 9.10. The van der Waals surface area contributed by atoms with Gasteiger partial charge in [-0.2, -0.15) is 11.3 Å². The standard InChI is InChI=1S/C17H17N3O2S/c1-20-8-7-18-16(20)15(12-4-3-5-14(10-12)22-2)19-17(21)13-6-9-23-11-13/h3-11,15H,1-2H3,(H,19,21)/t15-/m1/s1. The Balaban J connectivity index is 1.97. The highest BCUT2D eigenvalue weighted by atomic mass is 32.1. The predicted molar refractivity (Wildman–Crippen MR) is 89.8 cm³/mol. The van der Waals surface area contributed by atoms with Gasteiger partial charge in [0.1, 0.15) is 17.6 Å². The highest BCUT2D eigenvalue weighted by Gasteiger charge is 2.22. The van der Waals surface area contributed by atoms with Gasteiger partial charge in [-0.3, -0.25) is 4.79 Å². The number of ether oxygens (including phenoxy) is 1. The average Bonchev–Trinajstić information content (AvgIpc) is 3.24. The Morgan fingerprint density at radius 1 is 1.39 bits per heavy atom. The number of nitrogens with one attached hydrogen (secondary N) is 1. The molecule has 0 radical (unpaired) electrons. The first kappa shape index (κ1) is 15.3. The number of imidazole rings is 1. The first-order valence-corrected chi connectivity index (χ1v) is 8.07. The molecule has 2 aromatic heterocycles. The van der Waals surface area contributed by atoms with Crippen molar-refractivity contribution in [2.24, 2.45) is 7.05 Å². The van der Waals surface area contributed by atoms with E-state index in [2.05, 4.69) is 10.3 Å². The molecule has 0 spiro atoms.